The van der Waals surface area contributed by atoms with Crippen molar-refractivity contribution in [3.05, 3.63) is 28.8 Å². The number of rotatable bonds is 4. The molecule has 0 aliphatic carbocycles. The second-order valence-corrected chi connectivity index (χ2v) is 6.72. The summed E-state index contributed by atoms with van der Waals surface area (Å²) in [4.78, 5) is 16.7. The Hall–Kier alpha value is -1.66. The largest absolute Gasteiger partial charge is 0.381 e. The molecule has 1 amide bonds. The van der Waals surface area contributed by atoms with Gasteiger partial charge in [-0.3, -0.25) is 4.79 Å². The van der Waals surface area contributed by atoms with Crippen molar-refractivity contribution in [1.29, 1.82) is 0 Å². The van der Waals surface area contributed by atoms with Gasteiger partial charge in [-0.1, -0.05) is 0 Å². The van der Waals surface area contributed by atoms with Crippen molar-refractivity contribution in [2.75, 3.05) is 19.8 Å². The number of thiophene rings is 1. The molecule has 0 spiro atoms. The zero-order valence-electron chi connectivity index (χ0n) is 12.3. The number of carbonyl (C=O) groups is 1. The SMILES string of the molecule is O=C(NC[C@H]1CCc2ncc(-c3ccsc3)n21)[C@@H]1CCOC1. The first-order valence-corrected chi connectivity index (χ1v) is 8.71. The van der Waals surface area contributed by atoms with Crippen molar-refractivity contribution in [2.45, 2.75) is 25.3 Å². The third kappa shape index (κ3) is 2.46. The number of nitrogens with zero attached hydrogens (tertiary/aromatic N) is 2. The van der Waals surface area contributed by atoms with Gasteiger partial charge in [0.05, 0.1) is 30.5 Å². The standard InChI is InChI=1S/C16H19N3O2S/c20-16(11-3-5-21-9-11)18-7-13-1-2-15-17-8-14(19(13)15)12-4-6-22-10-12/h4,6,8,10-11,13H,1-3,5,7,9H2,(H,18,20)/t11-,13-/m1/s1. The number of carbonyl (C=O) groups excluding carboxylic acids is 1. The van der Waals surface area contributed by atoms with Crippen LogP contribution in [0.25, 0.3) is 11.3 Å². The molecule has 2 aliphatic rings. The zero-order valence-corrected chi connectivity index (χ0v) is 13.1. The summed E-state index contributed by atoms with van der Waals surface area (Å²) in [5.41, 5.74) is 2.38. The van der Waals surface area contributed by atoms with Gasteiger partial charge in [-0.25, -0.2) is 4.98 Å². The second kappa shape index (κ2) is 5.85. The first kappa shape index (κ1) is 14.0. The third-order valence-electron chi connectivity index (χ3n) is 4.57. The van der Waals surface area contributed by atoms with E-state index in [1.807, 2.05) is 6.20 Å². The van der Waals surface area contributed by atoms with Crippen LogP contribution in [0.2, 0.25) is 0 Å². The first-order valence-electron chi connectivity index (χ1n) is 7.77. The number of aromatic nitrogens is 2. The summed E-state index contributed by atoms with van der Waals surface area (Å²) >= 11 is 1.69. The molecular formula is C16H19N3O2S. The van der Waals surface area contributed by atoms with Gasteiger partial charge >= 0.3 is 0 Å². The lowest BCUT2D eigenvalue weighted by Crippen LogP contribution is -2.34. The van der Waals surface area contributed by atoms with Crippen LogP contribution in [0.15, 0.2) is 23.0 Å². The predicted octanol–water partition coefficient (Wildman–Crippen LogP) is 2.25. The maximum atomic E-state index is 12.2. The normalized spacial score (nSPS) is 23.6. The van der Waals surface area contributed by atoms with E-state index in [0.717, 1.165) is 30.8 Å². The number of nitrogens with one attached hydrogen (secondary N) is 1. The lowest BCUT2D eigenvalue weighted by Gasteiger charge is -2.18. The maximum Gasteiger partial charge on any atom is 0.225 e. The minimum atomic E-state index is 0.0278. The van der Waals surface area contributed by atoms with Crippen molar-refractivity contribution in [2.24, 2.45) is 5.92 Å². The first-order chi connectivity index (χ1) is 10.8. The Morgan fingerprint density at radius 2 is 2.45 bits per heavy atom. The van der Waals surface area contributed by atoms with Crippen LogP contribution < -0.4 is 5.32 Å². The van der Waals surface area contributed by atoms with Crippen molar-refractivity contribution in [1.82, 2.24) is 14.9 Å². The fourth-order valence-electron chi connectivity index (χ4n) is 3.34. The maximum absolute atomic E-state index is 12.2. The van der Waals surface area contributed by atoms with E-state index in [0.29, 0.717) is 25.8 Å². The average Bonchev–Trinajstić information content (AvgIpc) is 3.28. The molecule has 1 fully saturated rings. The van der Waals surface area contributed by atoms with E-state index >= 15 is 0 Å². The predicted molar refractivity (Wildman–Crippen MR) is 84.8 cm³/mol. The number of aryl methyl sites for hydroxylation is 1. The number of hydrogen-bond acceptors (Lipinski definition) is 4. The number of amides is 1. The van der Waals surface area contributed by atoms with Crippen molar-refractivity contribution in [3.63, 3.8) is 0 Å². The minimum Gasteiger partial charge on any atom is -0.381 e. The van der Waals surface area contributed by atoms with Crippen LogP contribution in [-0.4, -0.2) is 35.2 Å². The Labute approximate surface area is 133 Å². The number of hydrogen-bond donors (Lipinski definition) is 1. The molecule has 1 N–H and O–H groups in total. The van der Waals surface area contributed by atoms with E-state index in [2.05, 4.69) is 31.7 Å². The Morgan fingerprint density at radius 1 is 1.50 bits per heavy atom. The summed E-state index contributed by atoms with van der Waals surface area (Å²) < 4.78 is 7.59. The molecule has 2 aliphatic heterocycles. The van der Waals surface area contributed by atoms with Crippen LogP contribution in [0.5, 0.6) is 0 Å². The molecule has 2 aromatic rings. The molecule has 6 heteroatoms. The Kier molecular flexibility index (Phi) is 3.72. The molecule has 2 aromatic heterocycles. The molecule has 0 saturated carbocycles. The molecule has 2 atom stereocenters. The number of imidazole rings is 1. The molecule has 0 bridgehead atoms. The van der Waals surface area contributed by atoms with Gasteiger partial charge in [0.25, 0.3) is 0 Å². The highest BCUT2D eigenvalue weighted by Crippen LogP contribution is 2.33. The molecule has 0 radical (unpaired) electrons. The quantitative estimate of drug-likeness (QED) is 0.941. The average molecular weight is 317 g/mol. The monoisotopic (exact) mass is 317 g/mol. The van der Waals surface area contributed by atoms with Crippen molar-refractivity contribution >= 4 is 17.2 Å². The fraction of sp³-hybridized carbons (Fsp3) is 0.500. The molecule has 0 unspecified atom stereocenters. The molecule has 5 nitrogen and oxygen atoms in total. The van der Waals surface area contributed by atoms with Crippen LogP contribution in [0, 0.1) is 5.92 Å². The van der Waals surface area contributed by atoms with Gasteiger partial charge in [0.2, 0.25) is 5.91 Å². The summed E-state index contributed by atoms with van der Waals surface area (Å²) in [5.74, 6) is 1.29. The van der Waals surface area contributed by atoms with Crippen LogP contribution in [0.1, 0.15) is 24.7 Å². The smallest absolute Gasteiger partial charge is 0.225 e. The lowest BCUT2D eigenvalue weighted by molar-refractivity contribution is -0.125. The molecule has 4 heterocycles. The minimum absolute atomic E-state index is 0.0278. The van der Waals surface area contributed by atoms with Gasteiger partial charge in [0, 0.05) is 30.5 Å². The molecule has 116 valence electrons. The molecule has 1 saturated heterocycles. The zero-order chi connectivity index (χ0) is 14.9. The number of fused-ring (bicyclic) bond motifs is 1. The third-order valence-corrected chi connectivity index (χ3v) is 5.25. The van der Waals surface area contributed by atoms with Gasteiger partial charge in [-0.2, -0.15) is 11.3 Å². The Balaban J connectivity index is 1.47. The molecule has 0 aromatic carbocycles. The fourth-order valence-corrected chi connectivity index (χ4v) is 3.99. The molecular weight excluding hydrogens is 298 g/mol. The molecule has 22 heavy (non-hydrogen) atoms. The van der Waals surface area contributed by atoms with Gasteiger partial charge in [-0.05, 0) is 24.3 Å². The van der Waals surface area contributed by atoms with Crippen molar-refractivity contribution < 1.29 is 9.53 Å². The van der Waals surface area contributed by atoms with E-state index in [9.17, 15) is 4.79 Å². The second-order valence-electron chi connectivity index (χ2n) is 5.94. The number of ether oxygens (including phenoxy) is 1. The van der Waals surface area contributed by atoms with Gasteiger partial charge < -0.3 is 14.6 Å². The van der Waals surface area contributed by atoms with Crippen molar-refractivity contribution in [3.8, 4) is 11.3 Å². The van der Waals surface area contributed by atoms with E-state index in [4.69, 9.17) is 4.74 Å². The van der Waals surface area contributed by atoms with Gasteiger partial charge in [-0.15, -0.1) is 0 Å². The van der Waals surface area contributed by atoms with Crippen LogP contribution in [0.3, 0.4) is 0 Å². The summed E-state index contributed by atoms with van der Waals surface area (Å²) in [5, 5.41) is 7.34. The summed E-state index contributed by atoms with van der Waals surface area (Å²) in [6.45, 7) is 1.94. The van der Waals surface area contributed by atoms with Gasteiger partial charge in [0.1, 0.15) is 5.82 Å². The van der Waals surface area contributed by atoms with E-state index < -0.39 is 0 Å². The van der Waals surface area contributed by atoms with E-state index in [1.54, 1.807) is 11.3 Å². The molecule has 4 rings (SSSR count). The highest BCUT2D eigenvalue weighted by Gasteiger charge is 2.28. The van der Waals surface area contributed by atoms with Crippen LogP contribution >= 0.6 is 11.3 Å². The highest BCUT2D eigenvalue weighted by molar-refractivity contribution is 7.08. The summed E-state index contributed by atoms with van der Waals surface area (Å²) in [6, 6.07) is 2.43. The van der Waals surface area contributed by atoms with Crippen LogP contribution in [0.4, 0.5) is 0 Å². The van der Waals surface area contributed by atoms with Gasteiger partial charge in [0.15, 0.2) is 0 Å². The topological polar surface area (TPSA) is 56.2 Å². The summed E-state index contributed by atoms with van der Waals surface area (Å²) in [7, 11) is 0. The Morgan fingerprint density at radius 3 is 3.23 bits per heavy atom. The highest BCUT2D eigenvalue weighted by atomic mass is 32.1. The van der Waals surface area contributed by atoms with Crippen LogP contribution in [-0.2, 0) is 16.0 Å². The van der Waals surface area contributed by atoms with E-state index in [1.165, 1.54) is 5.56 Å². The lowest BCUT2D eigenvalue weighted by atomic mass is 10.1. The van der Waals surface area contributed by atoms with E-state index in [-0.39, 0.29) is 11.8 Å². The summed E-state index contributed by atoms with van der Waals surface area (Å²) in [6.07, 6.45) is 4.82. The Bertz CT molecular complexity index is 659.